The number of nitrogens with one attached hydrogen (secondary N) is 1. The molecule has 4 rings (SSSR count). The number of rotatable bonds is 7. The maximum Gasteiger partial charge on any atom is 0.311 e. The molecule has 7 nitrogen and oxygen atoms in total. The lowest BCUT2D eigenvalue weighted by Gasteiger charge is -2.19. The summed E-state index contributed by atoms with van der Waals surface area (Å²) >= 11 is 6.15. The fourth-order valence-electron chi connectivity index (χ4n) is 3.67. The van der Waals surface area contributed by atoms with Crippen LogP contribution in [0.25, 0.3) is 0 Å². The molecule has 0 saturated carbocycles. The van der Waals surface area contributed by atoms with E-state index in [0.29, 0.717) is 27.9 Å². The zero-order valence-electron chi connectivity index (χ0n) is 18.5. The van der Waals surface area contributed by atoms with Crippen molar-refractivity contribution in [1.82, 2.24) is 0 Å². The Bertz CT molecular complexity index is 1200. The van der Waals surface area contributed by atoms with Gasteiger partial charge in [0.1, 0.15) is 11.5 Å². The maximum absolute atomic E-state index is 12.5. The molecule has 8 heteroatoms. The SMILES string of the molecule is Cc1c(Cl)cccc1N1C[C@H](C(=O)OCC(=O)Nc2ccc(Oc3ccccc3)cc2)CC1=O. The van der Waals surface area contributed by atoms with E-state index in [1.54, 1.807) is 42.5 Å². The fraction of sp³-hybridized carbons (Fsp3) is 0.192. The summed E-state index contributed by atoms with van der Waals surface area (Å²) in [6, 6.07) is 21.5. The van der Waals surface area contributed by atoms with E-state index in [4.69, 9.17) is 21.1 Å². The molecule has 1 atom stereocenters. The van der Waals surface area contributed by atoms with Gasteiger partial charge in [-0.15, -0.1) is 0 Å². The lowest BCUT2D eigenvalue weighted by atomic mass is 10.1. The molecular formula is C26H23ClN2O5. The normalized spacial score (nSPS) is 15.2. The van der Waals surface area contributed by atoms with E-state index >= 15 is 0 Å². The minimum atomic E-state index is -0.645. The molecule has 1 fully saturated rings. The van der Waals surface area contributed by atoms with Crippen molar-refractivity contribution in [3.63, 3.8) is 0 Å². The topological polar surface area (TPSA) is 84.9 Å². The number of esters is 1. The molecule has 0 radical (unpaired) electrons. The first-order valence-electron chi connectivity index (χ1n) is 10.8. The Morgan fingerprint density at radius 2 is 1.71 bits per heavy atom. The standard InChI is InChI=1S/C26H23ClN2O5/c1-17-22(27)8-5-9-23(17)29-15-18(14-25(29)31)26(32)33-16-24(30)28-19-10-12-21(13-11-19)34-20-6-3-2-4-7-20/h2-13,18H,14-16H2,1H3,(H,28,30)/t18-/m1/s1. The minimum absolute atomic E-state index is 0.0231. The van der Waals surface area contributed by atoms with Crippen molar-refractivity contribution >= 4 is 40.8 Å². The van der Waals surface area contributed by atoms with Crippen LogP contribution in [0.3, 0.4) is 0 Å². The van der Waals surface area contributed by atoms with E-state index in [9.17, 15) is 14.4 Å². The van der Waals surface area contributed by atoms with Crippen LogP contribution >= 0.6 is 11.6 Å². The number of hydrogen-bond donors (Lipinski definition) is 1. The second-order valence-electron chi connectivity index (χ2n) is 7.88. The molecule has 0 unspecified atom stereocenters. The van der Waals surface area contributed by atoms with Crippen LogP contribution in [0.5, 0.6) is 11.5 Å². The Balaban J connectivity index is 1.26. The van der Waals surface area contributed by atoms with Gasteiger partial charge >= 0.3 is 5.97 Å². The van der Waals surface area contributed by atoms with Crippen LogP contribution in [-0.2, 0) is 19.1 Å². The summed E-state index contributed by atoms with van der Waals surface area (Å²) in [4.78, 5) is 38.7. The molecule has 1 N–H and O–H groups in total. The van der Waals surface area contributed by atoms with Crippen molar-refractivity contribution < 1.29 is 23.9 Å². The summed E-state index contributed by atoms with van der Waals surface area (Å²) in [6.07, 6.45) is 0.0231. The summed E-state index contributed by atoms with van der Waals surface area (Å²) in [5.74, 6) is -0.557. The third-order valence-corrected chi connectivity index (χ3v) is 5.86. The number of carbonyl (C=O) groups excluding carboxylic acids is 3. The number of carbonyl (C=O) groups is 3. The molecule has 0 aliphatic carbocycles. The Labute approximate surface area is 202 Å². The zero-order valence-corrected chi connectivity index (χ0v) is 19.2. The quantitative estimate of drug-likeness (QED) is 0.484. The van der Waals surface area contributed by atoms with Gasteiger partial charge in [-0.3, -0.25) is 14.4 Å². The van der Waals surface area contributed by atoms with Crippen LogP contribution in [0.2, 0.25) is 5.02 Å². The van der Waals surface area contributed by atoms with Crippen molar-refractivity contribution in [1.29, 1.82) is 0 Å². The second kappa shape index (κ2) is 10.4. The molecule has 0 bridgehead atoms. The molecule has 34 heavy (non-hydrogen) atoms. The number of para-hydroxylation sites is 1. The summed E-state index contributed by atoms with van der Waals surface area (Å²) in [5, 5.41) is 3.22. The number of hydrogen-bond acceptors (Lipinski definition) is 5. The largest absolute Gasteiger partial charge is 0.457 e. The van der Waals surface area contributed by atoms with E-state index in [-0.39, 0.29) is 18.9 Å². The van der Waals surface area contributed by atoms with Gasteiger partial charge in [-0.25, -0.2) is 0 Å². The van der Waals surface area contributed by atoms with Crippen LogP contribution in [0.1, 0.15) is 12.0 Å². The van der Waals surface area contributed by atoms with Gasteiger partial charge in [0.15, 0.2) is 6.61 Å². The minimum Gasteiger partial charge on any atom is -0.457 e. The van der Waals surface area contributed by atoms with Gasteiger partial charge in [0.2, 0.25) is 5.91 Å². The van der Waals surface area contributed by atoms with E-state index in [1.165, 1.54) is 4.90 Å². The summed E-state index contributed by atoms with van der Waals surface area (Å²) in [6.45, 7) is 1.56. The molecular weight excluding hydrogens is 456 g/mol. The third kappa shape index (κ3) is 5.55. The molecule has 1 aliphatic heterocycles. The molecule has 1 aliphatic rings. The molecule has 0 spiro atoms. The van der Waals surface area contributed by atoms with Gasteiger partial charge in [-0.2, -0.15) is 0 Å². The Hall–Kier alpha value is -3.84. The van der Waals surface area contributed by atoms with Gasteiger partial charge in [0.05, 0.1) is 5.92 Å². The molecule has 1 saturated heterocycles. The van der Waals surface area contributed by atoms with E-state index < -0.39 is 24.4 Å². The number of anilines is 2. The Kier molecular flexibility index (Phi) is 7.13. The van der Waals surface area contributed by atoms with E-state index in [1.807, 2.05) is 37.3 Å². The van der Waals surface area contributed by atoms with Gasteiger partial charge in [0.25, 0.3) is 5.91 Å². The Morgan fingerprint density at radius 3 is 2.44 bits per heavy atom. The van der Waals surface area contributed by atoms with Gasteiger partial charge in [0, 0.05) is 29.4 Å². The monoisotopic (exact) mass is 478 g/mol. The highest BCUT2D eigenvalue weighted by molar-refractivity contribution is 6.31. The summed E-state index contributed by atoms with van der Waals surface area (Å²) in [5.41, 5.74) is 1.98. The summed E-state index contributed by atoms with van der Waals surface area (Å²) in [7, 11) is 0. The van der Waals surface area contributed by atoms with Gasteiger partial charge in [-0.1, -0.05) is 35.9 Å². The average molecular weight is 479 g/mol. The highest BCUT2D eigenvalue weighted by Crippen LogP contribution is 2.31. The zero-order chi connectivity index (χ0) is 24.1. The highest BCUT2D eigenvalue weighted by atomic mass is 35.5. The molecule has 3 aromatic carbocycles. The maximum atomic E-state index is 12.5. The first-order chi connectivity index (χ1) is 16.4. The number of nitrogens with zero attached hydrogens (tertiary/aromatic N) is 1. The lowest BCUT2D eigenvalue weighted by Crippen LogP contribution is -2.28. The third-order valence-electron chi connectivity index (χ3n) is 5.45. The van der Waals surface area contributed by atoms with Crippen molar-refractivity contribution in [2.75, 3.05) is 23.4 Å². The Morgan fingerprint density at radius 1 is 1.00 bits per heavy atom. The predicted molar refractivity (Wildman–Crippen MR) is 129 cm³/mol. The van der Waals surface area contributed by atoms with Gasteiger partial charge < -0.3 is 19.7 Å². The second-order valence-corrected chi connectivity index (χ2v) is 8.29. The van der Waals surface area contributed by atoms with Crippen molar-refractivity contribution in [2.24, 2.45) is 5.92 Å². The smallest absolute Gasteiger partial charge is 0.311 e. The number of halogens is 1. The van der Waals surface area contributed by atoms with E-state index in [0.717, 1.165) is 5.56 Å². The number of benzene rings is 3. The lowest BCUT2D eigenvalue weighted by molar-refractivity contribution is -0.151. The molecule has 1 heterocycles. The highest BCUT2D eigenvalue weighted by Gasteiger charge is 2.37. The average Bonchev–Trinajstić information content (AvgIpc) is 3.22. The number of amides is 2. The predicted octanol–water partition coefficient (Wildman–Crippen LogP) is 4.98. The first-order valence-corrected chi connectivity index (χ1v) is 11.1. The van der Waals surface area contributed by atoms with E-state index in [2.05, 4.69) is 5.32 Å². The molecule has 174 valence electrons. The first kappa shape index (κ1) is 23.3. The van der Waals surface area contributed by atoms with Crippen LogP contribution in [0.15, 0.2) is 72.8 Å². The van der Waals surface area contributed by atoms with Crippen molar-refractivity contribution in [3.8, 4) is 11.5 Å². The summed E-state index contributed by atoms with van der Waals surface area (Å²) < 4.78 is 10.9. The van der Waals surface area contributed by atoms with Crippen molar-refractivity contribution in [3.05, 3.63) is 83.4 Å². The van der Waals surface area contributed by atoms with Crippen LogP contribution in [-0.4, -0.2) is 30.9 Å². The van der Waals surface area contributed by atoms with Crippen LogP contribution in [0.4, 0.5) is 11.4 Å². The molecule has 3 aromatic rings. The molecule has 2 amide bonds. The van der Waals surface area contributed by atoms with Crippen molar-refractivity contribution in [2.45, 2.75) is 13.3 Å². The number of ether oxygens (including phenoxy) is 2. The van der Waals surface area contributed by atoms with Crippen LogP contribution in [0, 0.1) is 12.8 Å². The van der Waals surface area contributed by atoms with Crippen LogP contribution < -0.4 is 15.0 Å². The fourth-order valence-corrected chi connectivity index (χ4v) is 3.84. The van der Waals surface area contributed by atoms with Gasteiger partial charge in [-0.05, 0) is 61.0 Å². The molecule has 0 aromatic heterocycles.